The molecule has 2 aliphatic heterocycles. The number of rotatable bonds is 4. The number of carbonyl (C=O) groups is 3. The van der Waals surface area contributed by atoms with E-state index >= 15 is 0 Å². The van der Waals surface area contributed by atoms with Crippen LogP contribution in [-0.2, 0) is 22.6 Å². The van der Waals surface area contributed by atoms with Gasteiger partial charge in [-0.15, -0.1) is 0 Å². The number of nitrogens with zero attached hydrogens (tertiary/aromatic N) is 2. The molecule has 1 saturated heterocycles. The highest BCUT2D eigenvalue weighted by Crippen LogP contribution is 2.30. The molecule has 1 aromatic carbocycles. The third kappa shape index (κ3) is 3.01. The van der Waals surface area contributed by atoms with E-state index in [-0.39, 0.29) is 36.9 Å². The van der Waals surface area contributed by atoms with Crippen molar-refractivity contribution in [1.82, 2.24) is 15.1 Å². The molecule has 1 aliphatic carbocycles. The lowest BCUT2D eigenvalue weighted by atomic mass is 9.95. The maximum atomic E-state index is 12.6. The summed E-state index contributed by atoms with van der Waals surface area (Å²) in [5.41, 5.74) is 2.23. The number of benzene rings is 1. The zero-order valence-corrected chi connectivity index (χ0v) is 14.2. The predicted octanol–water partition coefficient (Wildman–Crippen LogP) is 1.82. The van der Waals surface area contributed by atoms with E-state index in [9.17, 15) is 14.4 Å². The van der Waals surface area contributed by atoms with E-state index in [0.717, 1.165) is 36.8 Å². The lowest BCUT2D eigenvalue weighted by molar-refractivity contribution is -0.129. The second-order valence-corrected chi connectivity index (χ2v) is 7.19. The number of hydrogen-bond donors (Lipinski definition) is 1. The molecular weight excluding hydrogens is 318 g/mol. The van der Waals surface area contributed by atoms with Gasteiger partial charge in [-0.3, -0.25) is 14.5 Å². The maximum absolute atomic E-state index is 12.6. The lowest BCUT2D eigenvalue weighted by Gasteiger charge is -2.28. The van der Waals surface area contributed by atoms with Crippen molar-refractivity contribution >= 4 is 17.8 Å². The van der Waals surface area contributed by atoms with Gasteiger partial charge in [0.1, 0.15) is 6.04 Å². The van der Waals surface area contributed by atoms with Crippen molar-refractivity contribution in [3.8, 4) is 0 Å². The Bertz CT molecular complexity index is 669. The molecule has 0 unspecified atom stereocenters. The number of imide groups is 1. The Hall–Kier alpha value is -2.37. The topological polar surface area (TPSA) is 69.7 Å². The van der Waals surface area contributed by atoms with Crippen molar-refractivity contribution in [3.05, 3.63) is 35.4 Å². The number of urea groups is 1. The fourth-order valence-electron chi connectivity index (χ4n) is 4.16. The van der Waals surface area contributed by atoms with Gasteiger partial charge < -0.3 is 10.2 Å². The Balaban J connectivity index is 1.38. The maximum Gasteiger partial charge on any atom is 0.327 e. The van der Waals surface area contributed by atoms with Crippen LogP contribution in [0.2, 0.25) is 0 Å². The Kier molecular flexibility index (Phi) is 4.19. The molecule has 2 fully saturated rings. The monoisotopic (exact) mass is 341 g/mol. The predicted molar refractivity (Wildman–Crippen MR) is 91.6 cm³/mol. The molecule has 3 aliphatic rings. The van der Waals surface area contributed by atoms with Crippen LogP contribution in [0.1, 0.15) is 43.2 Å². The summed E-state index contributed by atoms with van der Waals surface area (Å²) < 4.78 is 0. The normalized spacial score (nSPS) is 23.0. The highest BCUT2D eigenvalue weighted by atomic mass is 16.2. The number of amides is 4. The molecule has 4 rings (SSSR count). The zero-order valence-electron chi connectivity index (χ0n) is 14.2. The molecule has 0 aromatic heterocycles. The SMILES string of the molecule is O=C(CCN1C(=O)[C@@H]2Cc3ccccc3CN2C1=O)NC1CCCC1. The van der Waals surface area contributed by atoms with E-state index in [2.05, 4.69) is 5.32 Å². The van der Waals surface area contributed by atoms with Gasteiger partial charge in [-0.2, -0.15) is 0 Å². The molecule has 0 bridgehead atoms. The van der Waals surface area contributed by atoms with Crippen LogP contribution in [0.4, 0.5) is 4.79 Å². The highest BCUT2D eigenvalue weighted by Gasteiger charge is 2.46. The zero-order chi connectivity index (χ0) is 17.4. The number of fused-ring (bicyclic) bond motifs is 2. The first-order valence-electron chi connectivity index (χ1n) is 9.11. The fraction of sp³-hybridized carbons (Fsp3) is 0.526. The van der Waals surface area contributed by atoms with Gasteiger partial charge in [-0.25, -0.2) is 4.79 Å². The largest absolute Gasteiger partial charge is 0.353 e. The van der Waals surface area contributed by atoms with Crippen molar-refractivity contribution in [2.75, 3.05) is 6.54 Å². The third-order valence-corrected chi connectivity index (χ3v) is 5.56. The summed E-state index contributed by atoms with van der Waals surface area (Å²) in [4.78, 5) is 40.2. The minimum atomic E-state index is -0.416. The molecule has 132 valence electrons. The first-order chi connectivity index (χ1) is 12.1. The van der Waals surface area contributed by atoms with Gasteiger partial charge in [0.05, 0.1) is 0 Å². The number of carbonyl (C=O) groups excluding carboxylic acids is 3. The van der Waals surface area contributed by atoms with Gasteiger partial charge in [-0.1, -0.05) is 37.1 Å². The van der Waals surface area contributed by atoms with Gasteiger partial charge in [0.2, 0.25) is 5.91 Å². The van der Waals surface area contributed by atoms with Crippen molar-refractivity contribution in [2.24, 2.45) is 0 Å². The van der Waals surface area contributed by atoms with Crippen LogP contribution in [0, 0.1) is 0 Å². The third-order valence-electron chi connectivity index (χ3n) is 5.56. The van der Waals surface area contributed by atoms with E-state index in [1.165, 1.54) is 4.90 Å². The summed E-state index contributed by atoms with van der Waals surface area (Å²) >= 11 is 0. The standard InChI is InChI=1S/C19H23N3O3/c23-17(20-15-7-3-4-8-15)9-10-21-18(24)16-11-13-5-1-2-6-14(13)12-22(16)19(21)25/h1-2,5-6,15-16H,3-4,7-12H2,(H,20,23)/t16-/m0/s1. The van der Waals surface area contributed by atoms with Crippen LogP contribution in [0.3, 0.4) is 0 Å². The van der Waals surface area contributed by atoms with Crippen molar-refractivity contribution < 1.29 is 14.4 Å². The van der Waals surface area contributed by atoms with Crippen LogP contribution >= 0.6 is 0 Å². The minimum absolute atomic E-state index is 0.0688. The van der Waals surface area contributed by atoms with Gasteiger partial charge in [0, 0.05) is 32.0 Å². The molecule has 6 nitrogen and oxygen atoms in total. The lowest BCUT2D eigenvalue weighted by Crippen LogP contribution is -2.40. The summed E-state index contributed by atoms with van der Waals surface area (Å²) in [7, 11) is 0. The molecule has 0 spiro atoms. The first kappa shape index (κ1) is 16.1. The molecule has 2 heterocycles. The van der Waals surface area contributed by atoms with Gasteiger partial charge in [0.25, 0.3) is 5.91 Å². The van der Waals surface area contributed by atoms with Crippen LogP contribution in [-0.4, -0.2) is 46.3 Å². The van der Waals surface area contributed by atoms with E-state index < -0.39 is 6.04 Å². The second kappa shape index (κ2) is 6.50. The molecule has 1 saturated carbocycles. The fourth-order valence-corrected chi connectivity index (χ4v) is 4.16. The Morgan fingerprint density at radius 2 is 1.84 bits per heavy atom. The average molecular weight is 341 g/mol. The van der Waals surface area contributed by atoms with Crippen molar-refractivity contribution in [3.63, 3.8) is 0 Å². The quantitative estimate of drug-likeness (QED) is 0.850. The Morgan fingerprint density at radius 3 is 2.60 bits per heavy atom. The summed E-state index contributed by atoms with van der Waals surface area (Å²) in [6.45, 7) is 0.635. The van der Waals surface area contributed by atoms with Crippen LogP contribution in [0.25, 0.3) is 0 Å². The molecule has 25 heavy (non-hydrogen) atoms. The van der Waals surface area contributed by atoms with E-state index in [1.807, 2.05) is 24.3 Å². The molecule has 1 atom stereocenters. The molecule has 4 amide bonds. The smallest absolute Gasteiger partial charge is 0.327 e. The van der Waals surface area contributed by atoms with Crippen LogP contribution < -0.4 is 5.32 Å². The molecular formula is C19H23N3O3. The van der Waals surface area contributed by atoms with Gasteiger partial charge >= 0.3 is 6.03 Å². The summed E-state index contributed by atoms with van der Waals surface area (Å²) in [6, 6.07) is 7.51. The first-order valence-corrected chi connectivity index (χ1v) is 9.11. The van der Waals surface area contributed by atoms with E-state index in [0.29, 0.717) is 13.0 Å². The number of nitrogens with one attached hydrogen (secondary N) is 1. The average Bonchev–Trinajstić information content (AvgIpc) is 3.20. The van der Waals surface area contributed by atoms with Crippen LogP contribution in [0.15, 0.2) is 24.3 Å². The minimum Gasteiger partial charge on any atom is -0.353 e. The van der Waals surface area contributed by atoms with Crippen LogP contribution in [0.5, 0.6) is 0 Å². The molecule has 1 N–H and O–H groups in total. The Morgan fingerprint density at radius 1 is 1.12 bits per heavy atom. The van der Waals surface area contributed by atoms with Crippen molar-refractivity contribution in [1.29, 1.82) is 0 Å². The van der Waals surface area contributed by atoms with E-state index in [1.54, 1.807) is 4.90 Å². The summed E-state index contributed by atoms with van der Waals surface area (Å²) in [5, 5.41) is 3.01. The highest BCUT2D eigenvalue weighted by molar-refractivity contribution is 6.04. The summed E-state index contributed by atoms with van der Waals surface area (Å²) in [6.07, 6.45) is 5.12. The summed E-state index contributed by atoms with van der Waals surface area (Å²) in [5.74, 6) is -0.242. The second-order valence-electron chi connectivity index (χ2n) is 7.19. The molecule has 0 radical (unpaired) electrons. The Labute approximate surface area is 147 Å². The van der Waals surface area contributed by atoms with Gasteiger partial charge in [0.15, 0.2) is 0 Å². The number of hydrogen-bond acceptors (Lipinski definition) is 3. The molecule has 1 aromatic rings. The van der Waals surface area contributed by atoms with Gasteiger partial charge in [-0.05, 0) is 24.0 Å². The van der Waals surface area contributed by atoms with Crippen molar-refractivity contribution in [2.45, 2.75) is 57.2 Å². The van der Waals surface area contributed by atoms with E-state index in [4.69, 9.17) is 0 Å². The molecule has 6 heteroatoms.